The van der Waals surface area contributed by atoms with Gasteiger partial charge >= 0.3 is 5.97 Å². The van der Waals surface area contributed by atoms with Gasteiger partial charge in [-0.1, -0.05) is 48.0 Å². The zero-order valence-corrected chi connectivity index (χ0v) is 19.9. The molecule has 0 spiro atoms. The van der Waals surface area contributed by atoms with Crippen LogP contribution < -0.4 is 5.32 Å². The number of phenolic OH excluding ortho intramolecular Hbond substituents is 1. The van der Waals surface area contributed by atoms with Gasteiger partial charge in [0, 0.05) is 11.1 Å². The average Bonchev–Trinajstić information content (AvgIpc) is 2.75. The summed E-state index contributed by atoms with van der Waals surface area (Å²) < 4.78 is 5.40. The number of hydrogen-bond acceptors (Lipinski definition) is 4. The number of amides is 1. The highest BCUT2D eigenvalue weighted by atomic mass is 35.5. The number of phenols is 1. The van der Waals surface area contributed by atoms with Crippen LogP contribution in [-0.4, -0.2) is 28.6 Å². The maximum Gasteiger partial charge on any atom is 0.338 e. The Morgan fingerprint density at radius 3 is 2.12 bits per heavy atom. The van der Waals surface area contributed by atoms with E-state index in [1.807, 2.05) is 64.1 Å². The largest absolute Gasteiger partial charge is 0.507 e. The zero-order valence-electron chi connectivity index (χ0n) is 19.2. The Kier molecular flexibility index (Phi) is 7.44. The van der Waals surface area contributed by atoms with E-state index < -0.39 is 5.60 Å². The van der Waals surface area contributed by atoms with E-state index in [4.69, 9.17) is 16.3 Å². The molecular weight excluding hydrogens is 438 g/mol. The monoisotopic (exact) mass is 465 g/mol. The summed E-state index contributed by atoms with van der Waals surface area (Å²) in [6.45, 7) is 7.43. The molecule has 172 valence electrons. The molecule has 0 radical (unpaired) electrons. The maximum absolute atomic E-state index is 12.4. The lowest BCUT2D eigenvalue weighted by atomic mass is 10.00. The second kappa shape index (κ2) is 10.1. The maximum atomic E-state index is 12.4. The first-order chi connectivity index (χ1) is 15.5. The lowest BCUT2D eigenvalue weighted by Crippen LogP contribution is -2.34. The van der Waals surface area contributed by atoms with Crippen molar-refractivity contribution >= 4 is 23.5 Å². The van der Waals surface area contributed by atoms with Crippen molar-refractivity contribution in [2.75, 3.05) is 0 Å². The summed E-state index contributed by atoms with van der Waals surface area (Å²) in [6.07, 6.45) is 0.630. The van der Waals surface area contributed by atoms with Crippen molar-refractivity contribution in [3.63, 3.8) is 0 Å². The van der Waals surface area contributed by atoms with E-state index in [9.17, 15) is 14.7 Å². The number of carbonyl (C=O) groups excluding carboxylic acids is 2. The molecule has 5 nitrogen and oxygen atoms in total. The third kappa shape index (κ3) is 6.83. The smallest absolute Gasteiger partial charge is 0.338 e. The van der Waals surface area contributed by atoms with Crippen LogP contribution in [0.5, 0.6) is 5.75 Å². The number of halogens is 1. The van der Waals surface area contributed by atoms with Crippen LogP contribution in [0, 0.1) is 0 Å². The molecule has 6 heteroatoms. The van der Waals surface area contributed by atoms with Crippen LogP contribution in [0.4, 0.5) is 0 Å². The van der Waals surface area contributed by atoms with E-state index in [1.54, 1.807) is 12.1 Å². The van der Waals surface area contributed by atoms with E-state index in [1.165, 1.54) is 18.2 Å². The SMILES string of the molecule is CC(Cc1ccc(-c2ccc(C(=O)OC(C)(C)C)cc2)cc1)NC(=O)c1cc(Cl)ccc1O. The van der Waals surface area contributed by atoms with Crippen LogP contribution in [-0.2, 0) is 11.2 Å². The zero-order chi connectivity index (χ0) is 24.2. The van der Waals surface area contributed by atoms with Crippen LogP contribution in [0.25, 0.3) is 11.1 Å². The lowest BCUT2D eigenvalue weighted by molar-refractivity contribution is 0.00694. The molecule has 0 aliphatic rings. The summed E-state index contributed by atoms with van der Waals surface area (Å²) in [6, 6.07) is 19.6. The van der Waals surface area contributed by atoms with Gasteiger partial charge in [-0.05, 0) is 81.1 Å². The fraction of sp³-hybridized carbons (Fsp3) is 0.259. The molecule has 3 aromatic rings. The van der Waals surface area contributed by atoms with E-state index in [0.717, 1.165) is 16.7 Å². The molecule has 0 bridgehead atoms. The minimum Gasteiger partial charge on any atom is -0.507 e. The van der Waals surface area contributed by atoms with Gasteiger partial charge in [0.2, 0.25) is 0 Å². The summed E-state index contributed by atoms with van der Waals surface area (Å²) >= 11 is 5.93. The van der Waals surface area contributed by atoms with Gasteiger partial charge in [-0.25, -0.2) is 4.79 Å². The first kappa shape index (κ1) is 24.3. The third-order valence-corrected chi connectivity index (χ3v) is 5.16. The van der Waals surface area contributed by atoms with Gasteiger partial charge in [-0.2, -0.15) is 0 Å². The molecule has 0 aromatic heterocycles. The standard InChI is InChI=1S/C27H28ClNO4/c1-17(29-25(31)23-16-22(28)13-14-24(23)30)15-18-5-7-19(8-6-18)20-9-11-21(12-10-20)26(32)33-27(2,3)4/h5-14,16-17,30H,15H2,1-4H3,(H,29,31). The van der Waals surface area contributed by atoms with Crippen molar-refractivity contribution in [2.24, 2.45) is 0 Å². The van der Waals surface area contributed by atoms with Crippen molar-refractivity contribution in [1.82, 2.24) is 5.32 Å². The minimum absolute atomic E-state index is 0.105. The molecule has 1 amide bonds. The molecule has 2 N–H and O–H groups in total. The Morgan fingerprint density at radius 2 is 1.55 bits per heavy atom. The van der Waals surface area contributed by atoms with Crippen LogP contribution in [0.15, 0.2) is 66.7 Å². The van der Waals surface area contributed by atoms with Crippen molar-refractivity contribution in [3.8, 4) is 16.9 Å². The van der Waals surface area contributed by atoms with Crippen LogP contribution in [0.2, 0.25) is 5.02 Å². The topological polar surface area (TPSA) is 75.6 Å². The fourth-order valence-electron chi connectivity index (χ4n) is 3.37. The normalized spacial score (nSPS) is 12.2. The summed E-state index contributed by atoms with van der Waals surface area (Å²) in [5.41, 5.74) is 3.21. The molecule has 0 saturated carbocycles. The van der Waals surface area contributed by atoms with Gasteiger partial charge in [0.05, 0.1) is 11.1 Å². The van der Waals surface area contributed by atoms with Crippen molar-refractivity contribution in [3.05, 3.63) is 88.4 Å². The lowest BCUT2D eigenvalue weighted by Gasteiger charge is -2.19. The summed E-state index contributed by atoms with van der Waals surface area (Å²) in [5.74, 6) is -0.818. The van der Waals surface area contributed by atoms with E-state index in [2.05, 4.69) is 5.32 Å². The molecule has 1 atom stereocenters. The molecule has 0 aliphatic heterocycles. The number of esters is 1. The number of hydrogen-bond donors (Lipinski definition) is 2. The van der Waals surface area contributed by atoms with Crippen molar-refractivity contribution in [1.29, 1.82) is 0 Å². The molecule has 3 rings (SSSR count). The molecule has 3 aromatic carbocycles. The minimum atomic E-state index is -0.531. The first-order valence-electron chi connectivity index (χ1n) is 10.7. The highest BCUT2D eigenvalue weighted by molar-refractivity contribution is 6.31. The third-order valence-electron chi connectivity index (χ3n) is 4.93. The van der Waals surface area contributed by atoms with E-state index >= 15 is 0 Å². The highest BCUT2D eigenvalue weighted by Gasteiger charge is 2.18. The summed E-state index contributed by atoms with van der Waals surface area (Å²) in [5, 5.41) is 13.2. The van der Waals surface area contributed by atoms with Crippen LogP contribution >= 0.6 is 11.6 Å². The van der Waals surface area contributed by atoms with Gasteiger partial charge in [0.25, 0.3) is 5.91 Å². The van der Waals surface area contributed by atoms with Crippen molar-refractivity contribution in [2.45, 2.75) is 45.8 Å². The molecule has 0 fully saturated rings. The van der Waals surface area contributed by atoms with Crippen LogP contribution in [0.3, 0.4) is 0 Å². The number of rotatable bonds is 6. The first-order valence-corrected chi connectivity index (χ1v) is 11.1. The summed E-state index contributed by atoms with van der Waals surface area (Å²) in [7, 11) is 0. The number of ether oxygens (including phenoxy) is 1. The molecule has 0 saturated heterocycles. The molecule has 1 unspecified atom stereocenters. The van der Waals surface area contributed by atoms with Gasteiger partial charge in [-0.15, -0.1) is 0 Å². The molecular formula is C27H28ClNO4. The second-order valence-corrected chi connectivity index (χ2v) is 9.45. The van der Waals surface area contributed by atoms with E-state index in [-0.39, 0.29) is 29.2 Å². The average molecular weight is 466 g/mol. The second-order valence-electron chi connectivity index (χ2n) is 9.02. The molecule has 33 heavy (non-hydrogen) atoms. The van der Waals surface area contributed by atoms with Gasteiger partial charge in [-0.3, -0.25) is 4.79 Å². The summed E-state index contributed by atoms with van der Waals surface area (Å²) in [4.78, 5) is 24.6. The number of carbonyl (C=O) groups is 2. The number of benzene rings is 3. The Balaban J connectivity index is 1.61. The predicted molar refractivity (Wildman–Crippen MR) is 131 cm³/mol. The predicted octanol–water partition coefficient (Wildman–Crippen LogP) is 6.03. The van der Waals surface area contributed by atoms with Gasteiger partial charge in [0.15, 0.2) is 0 Å². The Bertz CT molecular complexity index is 1130. The molecule has 0 heterocycles. The van der Waals surface area contributed by atoms with Crippen molar-refractivity contribution < 1.29 is 19.4 Å². The fourth-order valence-corrected chi connectivity index (χ4v) is 3.54. The molecule has 0 aliphatic carbocycles. The Morgan fingerprint density at radius 1 is 0.970 bits per heavy atom. The number of nitrogens with one attached hydrogen (secondary N) is 1. The van der Waals surface area contributed by atoms with Gasteiger partial charge < -0.3 is 15.2 Å². The Labute approximate surface area is 199 Å². The Hall–Kier alpha value is -3.31. The number of aromatic hydroxyl groups is 1. The van der Waals surface area contributed by atoms with Crippen LogP contribution in [0.1, 0.15) is 54.0 Å². The highest BCUT2D eigenvalue weighted by Crippen LogP contribution is 2.23. The quantitative estimate of drug-likeness (QED) is 0.436. The van der Waals surface area contributed by atoms with Gasteiger partial charge in [0.1, 0.15) is 11.4 Å². The van der Waals surface area contributed by atoms with E-state index in [0.29, 0.717) is 17.0 Å².